The number of likely N-dealkylation sites (N-methyl/N-ethyl adjacent to an activating group) is 1. The van der Waals surface area contributed by atoms with Crippen LogP contribution in [0.3, 0.4) is 0 Å². The molecule has 27 heavy (non-hydrogen) atoms. The van der Waals surface area contributed by atoms with Crippen LogP contribution in [-0.2, 0) is 11.2 Å². The van der Waals surface area contributed by atoms with Gasteiger partial charge in [-0.05, 0) is 55.3 Å². The molecule has 2 aromatic rings. The fourth-order valence-electron chi connectivity index (χ4n) is 3.67. The first-order valence-corrected chi connectivity index (χ1v) is 9.54. The molecular weight excluding hydrogens is 338 g/mol. The van der Waals surface area contributed by atoms with Crippen LogP contribution in [0.5, 0.6) is 5.75 Å². The molecule has 2 N–H and O–H groups in total. The van der Waals surface area contributed by atoms with Crippen molar-refractivity contribution in [3.8, 4) is 5.75 Å². The van der Waals surface area contributed by atoms with Crippen LogP contribution in [-0.4, -0.2) is 49.5 Å². The summed E-state index contributed by atoms with van der Waals surface area (Å²) in [5.41, 5.74) is 8.66. The van der Waals surface area contributed by atoms with E-state index < -0.39 is 0 Å². The van der Waals surface area contributed by atoms with Crippen molar-refractivity contribution in [1.82, 2.24) is 9.80 Å². The first kappa shape index (κ1) is 19.2. The maximum atomic E-state index is 13.0. The van der Waals surface area contributed by atoms with Crippen LogP contribution < -0.4 is 10.5 Å². The fourth-order valence-corrected chi connectivity index (χ4v) is 3.67. The summed E-state index contributed by atoms with van der Waals surface area (Å²) < 4.78 is 5.39. The van der Waals surface area contributed by atoms with E-state index in [-0.39, 0.29) is 11.9 Å². The largest absolute Gasteiger partial charge is 0.497 e. The molecule has 1 saturated heterocycles. The SMILES string of the molecule is COc1cccc([C@H](CN2CCCC2)N(C)C(=O)Cc2ccccc2N)c1. The summed E-state index contributed by atoms with van der Waals surface area (Å²) in [5, 5.41) is 0. The Bertz CT molecular complexity index is 772. The number of anilines is 1. The normalized spacial score (nSPS) is 15.5. The molecule has 5 heteroatoms. The number of ether oxygens (including phenoxy) is 1. The van der Waals surface area contributed by atoms with Crippen LogP contribution in [0.4, 0.5) is 5.69 Å². The number of benzene rings is 2. The van der Waals surface area contributed by atoms with E-state index in [1.165, 1.54) is 12.8 Å². The standard InChI is InChI=1S/C22H29N3O2/c1-24(22(26)15-17-8-3-4-11-20(17)23)21(16-25-12-5-6-13-25)18-9-7-10-19(14-18)27-2/h3-4,7-11,14,21H,5-6,12-13,15-16,23H2,1-2H3/t21-/m0/s1. The summed E-state index contributed by atoms with van der Waals surface area (Å²) in [6.07, 6.45) is 2.76. The van der Waals surface area contributed by atoms with Gasteiger partial charge in [0.2, 0.25) is 5.91 Å². The lowest BCUT2D eigenvalue weighted by atomic mass is 10.0. The number of nitrogen functional groups attached to an aromatic ring is 1. The number of carbonyl (C=O) groups excluding carboxylic acids is 1. The maximum absolute atomic E-state index is 13.0. The number of hydrogen-bond acceptors (Lipinski definition) is 4. The van der Waals surface area contributed by atoms with E-state index >= 15 is 0 Å². The van der Waals surface area contributed by atoms with E-state index in [1.54, 1.807) is 7.11 Å². The molecule has 0 aromatic heterocycles. The van der Waals surface area contributed by atoms with E-state index in [0.717, 1.165) is 36.5 Å². The monoisotopic (exact) mass is 367 g/mol. The van der Waals surface area contributed by atoms with Gasteiger partial charge in [0, 0.05) is 19.3 Å². The van der Waals surface area contributed by atoms with Crippen molar-refractivity contribution in [2.45, 2.75) is 25.3 Å². The maximum Gasteiger partial charge on any atom is 0.227 e. The smallest absolute Gasteiger partial charge is 0.227 e. The molecule has 2 aromatic carbocycles. The highest BCUT2D eigenvalue weighted by Gasteiger charge is 2.26. The molecule has 1 heterocycles. The highest BCUT2D eigenvalue weighted by atomic mass is 16.5. The van der Waals surface area contributed by atoms with Gasteiger partial charge in [0.25, 0.3) is 0 Å². The van der Waals surface area contributed by atoms with Crippen LogP contribution in [0.25, 0.3) is 0 Å². The molecule has 1 aliphatic rings. The Morgan fingerprint density at radius 1 is 1.19 bits per heavy atom. The predicted molar refractivity (Wildman–Crippen MR) is 109 cm³/mol. The van der Waals surface area contributed by atoms with E-state index in [4.69, 9.17) is 10.5 Å². The minimum Gasteiger partial charge on any atom is -0.497 e. The average Bonchev–Trinajstić information content (AvgIpc) is 3.20. The molecule has 0 bridgehead atoms. The Balaban J connectivity index is 1.81. The van der Waals surface area contributed by atoms with Gasteiger partial charge in [-0.25, -0.2) is 0 Å². The first-order chi connectivity index (χ1) is 13.1. The summed E-state index contributed by atoms with van der Waals surface area (Å²) in [6.45, 7) is 3.02. The Kier molecular flexibility index (Phi) is 6.35. The molecule has 0 unspecified atom stereocenters. The molecular formula is C22H29N3O2. The third-order valence-corrected chi connectivity index (χ3v) is 5.37. The molecule has 0 spiro atoms. The quantitative estimate of drug-likeness (QED) is 0.764. The number of amides is 1. The number of carbonyl (C=O) groups is 1. The zero-order chi connectivity index (χ0) is 19.2. The van der Waals surface area contributed by atoms with Crippen molar-refractivity contribution in [1.29, 1.82) is 0 Å². The Morgan fingerprint density at radius 2 is 1.93 bits per heavy atom. The predicted octanol–water partition coefficient (Wildman–Crippen LogP) is 3.12. The molecule has 1 fully saturated rings. The third-order valence-electron chi connectivity index (χ3n) is 5.37. The first-order valence-electron chi connectivity index (χ1n) is 9.54. The van der Waals surface area contributed by atoms with Crippen LogP contribution >= 0.6 is 0 Å². The average molecular weight is 367 g/mol. The van der Waals surface area contributed by atoms with Gasteiger partial charge < -0.3 is 20.3 Å². The van der Waals surface area contributed by atoms with Gasteiger partial charge in [0.05, 0.1) is 19.6 Å². The summed E-state index contributed by atoms with van der Waals surface area (Å²) in [7, 11) is 3.56. The van der Waals surface area contributed by atoms with Crippen LogP contribution in [0.15, 0.2) is 48.5 Å². The van der Waals surface area contributed by atoms with Gasteiger partial charge in [0.1, 0.15) is 5.75 Å². The van der Waals surface area contributed by atoms with E-state index in [2.05, 4.69) is 11.0 Å². The Hall–Kier alpha value is -2.53. The Labute approximate surface area is 161 Å². The van der Waals surface area contributed by atoms with Crippen LogP contribution in [0.1, 0.15) is 30.0 Å². The van der Waals surface area contributed by atoms with Gasteiger partial charge >= 0.3 is 0 Å². The second-order valence-corrected chi connectivity index (χ2v) is 7.18. The molecule has 3 rings (SSSR count). The third kappa shape index (κ3) is 4.80. The summed E-state index contributed by atoms with van der Waals surface area (Å²) in [4.78, 5) is 17.3. The number of methoxy groups -OCH3 is 1. The molecule has 0 radical (unpaired) electrons. The molecule has 1 atom stereocenters. The van der Waals surface area contributed by atoms with Crippen molar-refractivity contribution >= 4 is 11.6 Å². The summed E-state index contributed by atoms with van der Waals surface area (Å²) >= 11 is 0. The second kappa shape index (κ2) is 8.91. The number of likely N-dealkylation sites (tertiary alicyclic amines) is 1. The van der Waals surface area contributed by atoms with Crippen molar-refractivity contribution < 1.29 is 9.53 Å². The lowest BCUT2D eigenvalue weighted by Crippen LogP contribution is -2.39. The molecule has 144 valence electrons. The number of nitrogens with two attached hydrogens (primary N) is 1. The van der Waals surface area contributed by atoms with Gasteiger partial charge in [-0.15, -0.1) is 0 Å². The topological polar surface area (TPSA) is 58.8 Å². The van der Waals surface area contributed by atoms with Crippen molar-refractivity contribution in [2.24, 2.45) is 0 Å². The van der Waals surface area contributed by atoms with Gasteiger partial charge in [-0.3, -0.25) is 4.79 Å². The molecule has 5 nitrogen and oxygen atoms in total. The number of rotatable bonds is 7. The molecule has 1 aliphatic heterocycles. The van der Waals surface area contributed by atoms with Crippen LogP contribution in [0, 0.1) is 0 Å². The van der Waals surface area contributed by atoms with Crippen LogP contribution in [0.2, 0.25) is 0 Å². The summed E-state index contributed by atoms with van der Waals surface area (Å²) in [5.74, 6) is 0.881. The minimum absolute atomic E-state index is 0.0179. The Morgan fingerprint density at radius 3 is 2.63 bits per heavy atom. The zero-order valence-corrected chi connectivity index (χ0v) is 16.2. The molecule has 0 saturated carbocycles. The van der Waals surface area contributed by atoms with Gasteiger partial charge in [-0.2, -0.15) is 0 Å². The van der Waals surface area contributed by atoms with Crippen molar-refractivity contribution in [3.63, 3.8) is 0 Å². The fraction of sp³-hybridized carbons (Fsp3) is 0.409. The number of nitrogens with zero attached hydrogens (tertiary/aromatic N) is 2. The number of hydrogen-bond donors (Lipinski definition) is 1. The van der Waals surface area contributed by atoms with E-state index in [9.17, 15) is 4.79 Å². The zero-order valence-electron chi connectivity index (χ0n) is 16.2. The van der Waals surface area contributed by atoms with E-state index in [1.807, 2.05) is 54.4 Å². The summed E-state index contributed by atoms with van der Waals surface area (Å²) in [6, 6.07) is 15.6. The highest BCUT2D eigenvalue weighted by molar-refractivity contribution is 5.80. The van der Waals surface area contributed by atoms with E-state index in [0.29, 0.717) is 12.1 Å². The van der Waals surface area contributed by atoms with Crippen molar-refractivity contribution in [3.05, 3.63) is 59.7 Å². The van der Waals surface area contributed by atoms with Gasteiger partial charge in [-0.1, -0.05) is 30.3 Å². The number of para-hydroxylation sites is 1. The lowest BCUT2D eigenvalue weighted by molar-refractivity contribution is -0.131. The second-order valence-electron chi connectivity index (χ2n) is 7.18. The lowest BCUT2D eigenvalue weighted by Gasteiger charge is -2.32. The molecule has 0 aliphatic carbocycles. The van der Waals surface area contributed by atoms with Gasteiger partial charge in [0.15, 0.2) is 0 Å². The minimum atomic E-state index is -0.0179. The molecule has 1 amide bonds. The van der Waals surface area contributed by atoms with Crippen molar-refractivity contribution in [2.75, 3.05) is 39.5 Å². The highest BCUT2D eigenvalue weighted by Crippen LogP contribution is 2.27.